The summed E-state index contributed by atoms with van der Waals surface area (Å²) < 4.78 is 4.77. The number of hydrogen-bond acceptors (Lipinski definition) is 4. The summed E-state index contributed by atoms with van der Waals surface area (Å²) in [7, 11) is 1.36. The molecule has 2 aromatic carbocycles. The molecule has 2 aromatic rings. The minimum atomic E-state index is -0.369. The van der Waals surface area contributed by atoms with Crippen molar-refractivity contribution in [3.63, 3.8) is 0 Å². The van der Waals surface area contributed by atoms with Crippen LogP contribution >= 0.6 is 0 Å². The van der Waals surface area contributed by atoms with Gasteiger partial charge in [-0.3, -0.25) is 0 Å². The van der Waals surface area contributed by atoms with E-state index in [1.165, 1.54) is 7.11 Å². The maximum Gasteiger partial charge on any atom is 0.339 e. The van der Waals surface area contributed by atoms with Gasteiger partial charge in [0.05, 0.1) is 12.7 Å². The number of methoxy groups -OCH3 is 1. The van der Waals surface area contributed by atoms with Crippen LogP contribution < -0.4 is 5.32 Å². The minimum absolute atomic E-state index is 0.00130. The molecule has 0 aliphatic carbocycles. The van der Waals surface area contributed by atoms with E-state index in [0.29, 0.717) is 5.56 Å². The normalized spacial score (nSPS) is 11.7. The highest BCUT2D eigenvalue weighted by molar-refractivity contribution is 5.95. The van der Waals surface area contributed by atoms with Gasteiger partial charge in [0.1, 0.15) is 5.75 Å². The number of carbonyl (C=O) groups excluding carboxylic acids is 1. The molecule has 1 atom stereocenters. The summed E-state index contributed by atoms with van der Waals surface area (Å²) in [5.41, 5.74) is 2.24. The molecule has 0 aliphatic heterocycles. The number of esters is 1. The van der Waals surface area contributed by atoms with E-state index in [4.69, 9.17) is 4.74 Å². The SMILES string of the molecule is COC(=O)c1ccccc1NC(C)c1ccc(O)cc1. The highest BCUT2D eigenvalue weighted by Crippen LogP contribution is 2.24. The molecule has 0 spiro atoms. The van der Waals surface area contributed by atoms with E-state index in [2.05, 4.69) is 5.32 Å². The Morgan fingerprint density at radius 1 is 1.15 bits per heavy atom. The van der Waals surface area contributed by atoms with Gasteiger partial charge < -0.3 is 15.2 Å². The number of nitrogens with one attached hydrogen (secondary N) is 1. The van der Waals surface area contributed by atoms with Crippen LogP contribution in [-0.2, 0) is 4.74 Å². The topological polar surface area (TPSA) is 58.6 Å². The molecule has 4 heteroatoms. The Bertz CT molecular complexity index is 593. The molecule has 1 unspecified atom stereocenters. The van der Waals surface area contributed by atoms with Crippen molar-refractivity contribution in [2.24, 2.45) is 0 Å². The Kier molecular flexibility index (Phi) is 4.25. The molecular formula is C16H17NO3. The van der Waals surface area contributed by atoms with E-state index < -0.39 is 0 Å². The van der Waals surface area contributed by atoms with Crippen LogP contribution in [-0.4, -0.2) is 18.2 Å². The second kappa shape index (κ2) is 6.10. The lowest BCUT2D eigenvalue weighted by Gasteiger charge is -2.17. The molecule has 2 rings (SSSR count). The van der Waals surface area contributed by atoms with Gasteiger partial charge in [0.15, 0.2) is 0 Å². The number of phenols is 1. The van der Waals surface area contributed by atoms with Crippen LogP contribution in [0.25, 0.3) is 0 Å². The van der Waals surface area contributed by atoms with Crippen LogP contribution in [0.1, 0.15) is 28.9 Å². The lowest BCUT2D eigenvalue weighted by Crippen LogP contribution is -2.11. The molecule has 0 saturated carbocycles. The molecular weight excluding hydrogens is 254 g/mol. The molecule has 0 radical (unpaired) electrons. The highest BCUT2D eigenvalue weighted by Gasteiger charge is 2.13. The number of ether oxygens (including phenoxy) is 1. The maximum atomic E-state index is 11.7. The summed E-state index contributed by atoms with van der Waals surface area (Å²) in [4.78, 5) is 11.7. The number of rotatable bonds is 4. The number of carbonyl (C=O) groups is 1. The van der Waals surface area contributed by atoms with Crippen molar-refractivity contribution in [2.75, 3.05) is 12.4 Å². The van der Waals surface area contributed by atoms with E-state index in [9.17, 15) is 9.90 Å². The third-order valence-corrected chi connectivity index (χ3v) is 3.10. The summed E-state index contributed by atoms with van der Waals surface area (Å²) in [5.74, 6) is -0.137. The monoisotopic (exact) mass is 271 g/mol. The predicted octanol–water partition coefficient (Wildman–Crippen LogP) is 3.35. The van der Waals surface area contributed by atoms with Crippen molar-refractivity contribution in [2.45, 2.75) is 13.0 Å². The third kappa shape index (κ3) is 3.09. The van der Waals surface area contributed by atoms with Crippen molar-refractivity contribution in [3.8, 4) is 5.75 Å². The maximum absolute atomic E-state index is 11.7. The first-order valence-electron chi connectivity index (χ1n) is 6.34. The van der Waals surface area contributed by atoms with Crippen LogP contribution in [0.3, 0.4) is 0 Å². The van der Waals surface area contributed by atoms with Gasteiger partial charge in [-0.1, -0.05) is 24.3 Å². The summed E-state index contributed by atoms with van der Waals surface area (Å²) >= 11 is 0. The molecule has 0 amide bonds. The first-order chi connectivity index (χ1) is 9.61. The van der Waals surface area contributed by atoms with E-state index >= 15 is 0 Å². The fourth-order valence-electron chi connectivity index (χ4n) is 1.98. The van der Waals surface area contributed by atoms with Crippen molar-refractivity contribution in [1.29, 1.82) is 0 Å². The number of para-hydroxylation sites is 1. The second-order valence-corrected chi connectivity index (χ2v) is 4.49. The van der Waals surface area contributed by atoms with Crippen molar-refractivity contribution in [3.05, 3.63) is 59.7 Å². The molecule has 0 aliphatic rings. The van der Waals surface area contributed by atoms with Gasteiger partial charge >= 0.3 is 5.97 Å². The average Bonchev–Trinajstić information content (AvgIpc) is 2.47. The zero-order chi connectivity index (χ0) is 14.5. The molecule has 0 bridgehead atoms. The van der Waals surface area contributed by atoms with Crippen LogP contribution in [0.5, 0.6) is 5.75 Å². The van der Waals surface area contributed by atoms with Gasteiger partial charge in [0.25, 0.3) is 0 Å². The number of hydrogen-bond donors (Lipinski definition) is 2. The largest absolute Gasteiger partial charge is 0.508 e. The van der Waals surface area contributed by atoms with E-state index in [1.54, 1.807) is 24.3 Å². The quantitative estimate of drug-likeness (QED) is 0.837. The average molecular weight is 271 g/mol. The number of phenolic OH excluding ortho intramolecular Hbond substituents is 1. The molecule has 0 aromatic heterocycles. The van der Waals surface area contributed by atoms with Crippen molar-refractivity contribution < 1.29 is 14.6 Å². The smallest absolute Gasteiger partial charge is 0.339 e. The molecule has 20 heavy (non-hydrogen) atoms. The van der Waals surface area contributed by atoms with Gasteiger partial charge in [-0.15, -0.1) is 0 Å². The standard InChI is InChI=1S/C16H17NO3/c1-11(12-7-9-13(18)10-8-12)17-15-6-4-3-5-14(15)16(19)20-2/h3-11,17-18H,1-2H3. The summed E-state index contributed by atoms with van der Waals surface area (Å²) in [6, 6.07) is 14.2. The molecule has 104 valence electrons. The summed E-state index contributed by atoms with van der Waals surface area (Å²) in [6.07, 6.45) is 0. The number of aromatic hydroxyl groups is 1. The molecule has 2 N–H and O–H groups in total. The van der Waals surface area contributed by atoms with E-state index in [1.807, 2.05) is 31.2 Å². The summed E-state index contributed by atoms with van der Waals surface area (Å²) in [5, 5.41) is 12.6. The lowest BCUT2D eigenvalue weighted by molar-refractivity contribution is 0.0602. The van der Waals surface area contributed by atoms with Crippen molar-refractivity contribution >= 4 is 11.7 Å². The fourth-order valence-corrected chi connectivity index (χ4v) is 1.98. The van der Waals surface area contributed by atoms with Gasteiger partial charge in [0.2, 0.25) is 0 Å². The van der Waals surface area contributed by atoms with Crippen LogP contribution in [0.4, 0.5) is 5.69 Å². The van der Waals surface area contributed by atoms with Crippen LogP contribution in [0.15, 0.2) is 48.5 Å². The zero-order valence-electron chi connectivity index (χ0n) is 11.5. The first kappa shape index (κ1) is 13.9. The van der Waals surface area contributed by atoms with Crippen molar-refractivity contribution in [1.82, 2.24) is 0 Å². The fraction of sp³-hybridized carbons (Fsp3) is 0.188. The Hall–Kier alpha value is -2.49. The Morgan fingerprint density at radius 2 is 1.80 bits per heavy atom. The third-order valence-electron chi connectivity index (χ3n) is 3.10. The Balaban J connectivity index is 2.21. The highest BCUT2D eigenvalue weighted by atomic mass is 16.5. The van der Waals surface area contributed by atoms with Gasteiger partial charge in [-0.25, -0.2) is 4.79 Å². The van der Waals surface area contributed by atoms with Gasteiger partial charge in [0, 0.05) is 11.7 Å². The van der Waals surface area contributed by atoms with E-state index in [0.717, 1.165) is 11.3 Å². The Labute approximate surface area is 118 Å². The molecule has 0 fully saturated rings. The van der Waals surface area contributed by atoms with Crippen LogP contribution in [0, 0.1) is 0 Å². The second-order valence-electron chi connectivity index (χ2n) is 4.49. The molecule has 0 heterocycles. The van der Waals surface area contributed by atoms with Crippen LogP contribution in [0.2, 0.25) is 0 Å². The lowest BCUT2D eigenvalue weighted by atomic mass is 10.1. The van der Waals surface area contributed by atoms with E-state index in [-0.39, 0.29) is 17.8 Å². The number of anilines is 1. The zero-order valence-corrected chi connectivity index (χ0v) is 11.5. The molecule has 4 nitrogen and oxygen atoms in total. The minimum Gasteiger partial charge on any atom is -0.508 e. The van der Waals surface area contributed by atoms with Gasteiger partial charge in [-0.05, 0) is 36.8 Å². The number of benzene rings is 2. The summed E-state index contributed by atoms with van der Waals surface area (Å²) in [6.45, 7) is 1.99. The predicted molar refractivity (Wildman–Crippen MR) is 77.9 cm³/mol. The first-order valence-corrected chi connectivity index (χ1v) is 6.34. The Morgan fingerprint density at radius 3 is 2.45 bits per heavy atom. The molecule has 0 saturated heterocycles. The van der Waals surface area contributed by atoms with Gasteiger partial charge in [-0.2, -0.15) is 0 Å².